The maximum absolute atomic E-state index is 14.1. The summed E-state index contributed by atoms with van der Waals surface area (Å²) < 4.78 is 43.3. The number of nitrogens with one attached hydrogen (secondary N) is 1. The molecule has 2 saturated heterocycles. The lowest BCUT2D eigenvalue weighted by Crippen LogP contribution is -2.66. The van der Waals surface area contributed by atoms with Crippen molar-refractivity contribution in [2.24, 2.45) is 0 Å². The van der Waals surface area contributed by atoms with Crippen LogP contribution >= 0.6 is 0 Å². The Morgan fingerprint density at radius 1 is 1.16 bits per heavy atom. The Labute approximate surface area is 215 Å². The maximum atomic E-state index is 14.1. The van der Waals surface area contributed by atoms with Gasteiger partial charge in [0.25, 0.3) is 5.91 Å². The first-order valence-corrected chi connectivity index (χ1v) is 12.3. The summed E-state index contributed by atoms with van der Waals surface area (Å²) in [6.07, 6.45) is 8.49. The zero-order chi connectivity index (χ0) is 26.4. The number of carbonyl (C=O) groups excluding carboxylic acids is 1. The van der Waals surface area contributed by atoms with Crippen molar-refractivity contribution < 1.29 is 18.0 Å². The molecule has 0 atom stereocenters. The van der Waals surface area contributed by atoms with E-state index in [4.69, 9.17) is 0 Å². The fourth-order valence-corrected chi connectivity index (χ4v) is 5.60. The van der Waals surface area contributed by atoms with Crippen LogP contribution in [0.3, 0.4) is 0 Å². The predicted octanol–water partition coefficient (Wildman–Crippen LogP) is 3.47. The highest BCUT2D eigenvalue weighted by Crippen LogP contribution is 2.37. The molecule has 2 aliphatic heterocycles. The van der Waals surface area contributed by atoms with Crippen molar-refractivity contribution in [2.75, 3.05) is 26.2 Å². The van der Waals surface area contributed by atoms with Gasteiger partial charge >= 0.3 is 0 Å². The molecule has 0 radical (unpaired) electrons. The highest BCUT2D eigenvalue weighted by atomic mass is 19.1. The van der Waals surface area contributed by atoms with Crippen molar-refractivity contribution in [1.29, 1.82) is 5.26 Å². The van der Waals surface area contributed by atoms with Gasteiger partial charge in [-0.2, -0.15) is 10.4 Å². The number of nitrogens with zero attached hydrogens (tertiary/aromatic N) is 7. The molecule has 1 amide bonds. The van der Waals surface area contributed by atoms with E-state index in [1.807, 2.05) is 16.9 Å². The van der Waals surface area contributed by atoms with Gasteiger partial charge in [-0.05, 0) is 18.9 Å². The monoisotopic (exact) mass is 520 g/mol. The molecule has 4 aromatic rings. The molecule has 2 fully saturated rings. The lowest BCUT2D eigenvalue weighted by Gasteiger charge is -2.53. The fourth-order valence-electron chi connectivity index (χ4n) is 5.60. The zero-order valence-corrected chi connectivity index (χ0v) is 20.2. The van der Waals surface area contributed by atoms with Crippen LogP contribution in [0.25, 0.3) is 22.3 Å². The normalized spacial score (nSPS) is 17.9. The summed E-state index contributed by atoms with van der Waals surface area (Å²) in [4.78, 5) is 28.1. The molecule has 0 spiro atoms. The number of aromatic amines is 1. The Balaban J connectivity index is 1.13. The highest BCUT2D eigenvalue weighted by Gasteiger charge is 2.48. The number of rotatable bonds is 5. The van der Waals surface area contributed by atoms with Gasteiger partial charge in [0.15, 0.2) is 0 Å². The zero-order valence-electron chi connectivity index (χ0n) is 20.2. The first-order valence-electron chi connectivity index (χ1n) is 12.3. The van der Waals surface area contributed by atoms with Crippen molar-refractivity contribution in [1.82, 2.24) is 34.5 Å². The number of aromatic nitrogens is 5. The van der Waals surface area contributed by atoms with E-state index in [0.29, 0.717) is 51.2 Å². The standard InChI is InChI=1S/C26H23F3N8O/c27-17-9-20(28)22(21(29)10-17)25(38)35-7-2-18(3-8-35)36-13-26(14-36,4-5-30)37-12-16(11-34-37)23-19-1-6-31-24(19)33-15-32-23/h1,6,9-12,15,18H,2-4,7-8,13-14H2,(H,31,32,33). The number of piperidine rings is 1. The summed E-state index contributed by atoms with van der Waals surface area (Å²) >= 11 is 0. The van der Waals surface area contributed by atoms with Crippen molar-refractivity contribution in [3.8, 4) is 17.3 Å². The number of hydrogen-bond donors (Lipinski definition) is 1. The number of benzene rings is 1. The molecule has 38 heavy (non-hydrogen) atoms. The van der Waals surface area contributed by atoms with Gasteiger partial charge in [0.1, 0.15) is 40.5 Å². The molecule has 5 heterocycles. The van der Waals surface area contributed by atoms with E-state index in [9.17, 15) is 23.2 Å². The minimum atomic E-state index is -1.20. The van der Waals surface area contributed by atoms with Crippen LogP contribution in [0, 0.1) is 28.8 Å². The Morgan fingerprint density at radius 2 is 1.89 bits per heavy atom. The molecule has 0 saturated carbocycles. The number of H-pyrrole nitrogens is 1. The van der Waals surface area contributed by atoms with Gasteiger partial charge in [0.2, 0.25) is 0 Å². The smallest absolute Gasteiger partial charge is 0.259 e. The number of hydrogen-bond acceptors (Lipinski definition) is 6. The van der Waals surface area contributed by atoms with E-state index in [0.717, 1.165) is 22.3 Å². The Bertz CT molecular complexity index is 1540. The molecule has 194 valence electrons. The number of carbonyl (C=O) groups is 1. The average molecular weight is 521 g/mol. The molecule has 6 rings (SSSR count). The minimum Gasteiger partial charge on any atom is -0.346 e. The molecule has 12 heteroatoms. The maximum Gasteiger partial charge on any atom is 0.259 e. The molecule has 0 aliphatic carbocycles. The second-order valence-corrected chi connectivity index (χ2v) is 9.87. The van der Waals surface area contributed by atoms with Gasteiger partial charge in [-0.1, -0.05) is 0 Å². The summed E-state index contributed by atoms with van der Waals surface area (Å²) in [5.74, 6) is -4.23. The number of amides is 1. The van der Waals surface area contributed by atoms with Crippen LogP contribution in [-0.4, -0.2) is 72.7 Å². The summed E-state index contributed by atoms with van der Waals surface area (Å²) in [5, 5.41) is 15.0. The molecule has 2 aliphatic rings. The second kappa shape index (κ2) is 9.25. The van der Waals surface area contributed by atoms with E-state index in [1.165, 1.54) is 11.2 Å². The Kier molecular flexibility index (Phi) is 5.87. The second-order valence-electron chi connectivity index (χ2n) is 9.87. The van der Waals surface area contributed by atoms with E-state index in [2.05, 4.69) is 31.0 Å². The molecule has 0 unspecified atom stereocenters. The van der Waals surface area contributed by atoms with Crippen molar-refractivity contribution in [3.63, 3.8) is 0 Å². The van der Waals surface area contributed by atoms with E-state index < -0.39 is 34.5 Å². The van der Waals surface area contributed by atoms with Crippen molar-refractivity contribution in [3.05, 3.63) is 66.1 Å². The number of fused-ring (bicyclic) bond motifs is 1. The van der Waals surface area contributed by atoms with Gasteiger partial charge in [-0.15, -0.1) is 0 Å². The van der Waals surface area contributed by atoms with Gasteiger partial charge in [-0.3, -0.25) is 14.4 Å². The third kappa shape index (κ3) is 3.99. The number of halogens is 3. The molecule has 0 bridgehead atoms. The molecule has 9 nitrogen and oxygen atoms in total. The molecular weight excluding hydrogens is 497 g/mol. The molecular formula is C26H23F3N8O. The van der Waals surface area contributed by atoms with E-state index in [-0.39, 0.29) is 12.5 Å². The Morgan fingerprint density at radius 3 is 2.61 bits per heavy atom. The van der Waals surface area contributed by atoms with Gasteiger partial charge in [0, 0.05) is 67.7 Å². The summed E-state index contributed by atoms with van der Waals surface area (Å²) in [6.45, 7) is 1.89. The average Bonchev–Trinajstić information content (AvgIpc) is 3.55. The van der Waals surface area contributed by atoms with E-state index in [1.54, 1.807) is 12.4 Å². The Hall–Kier alpha value is -4.24. The predicted molar refractivity (Wildman–Crippen MR) is 130 cm³/mol. The first-order chi connectivity index (χ1) is 18.4. The largest absolute Gasteiger partial charge is 0.346 e. The third-order valence-electron chi connectivity index (χ3n) is 7.59. The summed E-state index contributed by atoms with van der Waals surface area (Å²) in [5.41, 5.74) is 1.12. The highest BCUT2D eigenvalue weighted by molar-refractivity contribution is 5.95. The van der Waals surface area contributed by atoms with E-state index >= 15 is 0 Å². The molecule has 1 aromatic carbocycles. The van der Waals surface area contributed by atoms with Crippen molar-refractivity contribution >= 4 is 16.9 Å². The van der Waals surface area contributed by atoms with Crippen LogP contribution in [0.1, 0.15) is 29.6 Å². The molecule has 1 N–H and O–H groups in total. The fraction of sp³-hybridized carbons (Fsp3) is 0.346. The number of likely N-dealkylation sites (tertiary alicyclic amines) is 2. The SMILES string of the molecule is N#CCC1(n2cc(-c3ncnc4[nH]ccc34)cn2)CN(C2CCN(C(=O)c3c(F)cc(F)cc3F)CC2)C1. The summed E-state index contributed by atoms with van der Waals surface area (Å²) in [6, 6.07) is 5.40. The topological polar surface area (TPSA) is 107 Å². The quantitative estimate of drug-likeness (QED) is 0.432. The lowest BCUT2D eigenvalue weighted by atomic mass is 9.83. The van der Waals surface area contributed by atoms with Crippen LogP contribution in [0.2, 0.25) is 0 Å². The molecule has 3 aromatic heterocycles. The van der Waals surface area contributed by atoms with Crippen LogP contribution < -0.4 is 0 Å². The van der Waals surface area contributed by atoms with Crippen molar-refractivity contribution in [2.45, 2.75) is 30.8 Å². The summed E-state index contributed by atoms with van der Waals surface area (Å²) in [7, 11) is 0. The van der Waals surface area contributed by atoms with Crippen LogP contribution in [0.4, 0.5) is 13.2 Å². The van der Waals surface area contributed by atoms with Crippen LogP contribution in [0.15, 0.2) is 43.1 Å². The first kappa shape index (κ1) is 24.1. The third-order valence-corrected chi connectivity index (χ3v) is 7.59. The van der Waals surface area contributed by atoms with Gasteiger partial charge < -0.3 is 9.88 Å². The van der Waals surface area contributed by atoms with Gasteiger partial charge in [0.05, 0.1) is 24.4 Å². The minimum absolute atomic E-state index is 0.158. The lowest BCUT2D eigenvalue weighted by molar-refractivity contribution is -0.0412. The number of nitriles is 1. The van der Waals surface area contributed by atoms with Crippen LogP contribution in [0.5, 0.6) is 0 Å². The van der Waals surface area contributed by atoms with Crippen LogP contribution in [-0.2, 0) is 5.54 Å². The van der Waals surface area contributed by atoms with Gasteiger partial charge in [-0.25, -0.2) is 23.1 Å².